The van der Waals surface area contributed by atoms with E-state index in [-0.39, 0.29) is 5.91 Å². The minimum Gasteiger partial charge on any atom is -0.348 e. The second kappa shape index (κ2) is 7.16. The maximum Gasteiger partial charge on any atom is 0.310 e. The lowest BCUT2D eigenvalue weighted by Crippen LogP contribution is -2.44. The van der Waals surface area contributed by atoms with Crippen molar-refractivity contribution in [3.8, 4) is 0 Å². The van der Waals surface area contributed by atoms with Gasteiger partial charge in [-0.3, -0.25) is 14.4 Å². The fourth-order valence-electron chi connectivity index (χ4n) is 2.78. The molecule has 0 aliphatic carbocycles. The Morgan fingerprint density at radius 3 is 2.80 bits per heavy atom. The number of hydrogen-bond donors (Lipinski definition) is 2. The van der Waals surface area contributed by atoms with Gasteiger partial charge >= 0.3 is 11.8 Å². The number of amides is 3. The molecular weight excluding hydrogens is 322 g/mol. The molecule has 8 heteroatoms. The van der Waals surface area contributed by atoms with Crippen molar-refractivity contribution < 1.29 is 14.4 Å². The van der Waals surface area contributed by atoms with Crippen LogP contribution in [0, 0.1) is 0 Å². The Balaban J connectivity index is 1.51. The van der Waals surface area contributed by atoms with E-state index in [4.69, 9.17) is 0 Å². The normalized spacial score (nSPS) is 15.8. The van der Waals surface area contributed by atoms with E-state index in [9.17, 15) is 14.4 Å². The standard InChI is InChI=1S/C17H19N5O3/c1-21-13-6-3-2-5-12(13)14(17(21)25)20-16(24)15(23)19-7-4-9-22-10-8-18-11-22/h2-3,5-6,8,10-11,14H,4,7,9H2,1H3,(H,19,23)(H,20,24). The summed E-state index contributed by atoms with van der Waals surface area (Å²) in [6.45, 7) is 1.06. The Labute approximate surface area is 144 Å². The Hall–Kier alpha value is -3.16. The van der Waals surface area contributed by atoms with Gasteiger partial charge in [-0.2, -0.15) is 0 Å². The van der Waals surface area contributed by atoms with E-state index in [1.54, 1.807) is 37.8 Å². The highest BCUT2D eigenvalue weighted by atomic mass is 16.2. The molecule has 3 amide bonds. The summed E-state index contributed by atoms with van der Waals surface area (Å²) in [7, 11) is 1.64. The predicted molar refractivity (Wildman–Crippen MR) is 90.6 cm³/mol. The lowest BCUT2D eigenvalue weighted by molar-refractivity contribution is -0.140. The first kappa shape index (κ1) is 16.7. The average molecular weight is 341 g/mol. The molecular formula is C17H19N5O3. The number of benzene rings is 1. The van der Waals surface area contributed by atoms with Crippen molar-refractivity contribution in [2.24, 2.45) is 0 Å². The zero-order valence-electron chi connectivity index (χ0n) is 13.8. The average Bonchev–Trinajstić information content (AvgIpc) is 3.22. The molecule has 3 rings (SSSR count). The SMILES string of the molecule is CN1C(=O)C(NC(=O)C(=O)NCCCn2ccnc2)c2ccccc21. The first-order valence-electron chi connectivity index (χ1n) is 7.99. The van der Waals surface area contributed by atoms with Crippen LogP contribution in [0.25, 0.3) is 0 Å². The second-order valence-corrected chi connectivity index (χ2v) is 5.77. The molecule has 1 unspecified atom stereocenters. The number of likely N-dealkylation sites (N-methyl/N-ethyl adjacent to an activating group) is 1. The van der Waals surface area contributed by atoms with Gasteiger partial charge in [-0.25, -0.2) is 4.98 Å². The Morgan fingerprint density at radius 2 is 2.04 bits per heavy atom. The number of hydrogen-bond acceptors (Lipinski definition) is 4. The molecule has 1 aromatic carbocycles. The number of rotatable bonds is 5. The van der Waals surface area contributed by atoms with Gasteiger partial charge in [0.15, 0.2) is 0 Å². The van der Waals surface area contributed by atoms with Gasteiger partial charge < -0.3 is 20.1 Å². The summed E-state index contributed by atoms with van der Waals surface area (Å²) in [5.41, 5.74) is 1.43. The lowest BCUT2D eigenvalue weighted by atomic mass is 10.1. The Morgan fingerprint density at radius 1 is 1.24 bits per heavy atom. The number of fused-ring (bicyclic) bond motifs is 1. The third kappa shape index (κ3) is 3.52. The number of imidazole rings is 1. The molecule has 0 saturated carbocycles. The van der Waals surface area contributed by atoms with E-state index in [1.165, 1.54) is 4.90 Å². The summed E-state index contributed by atoms with van der Waals surface area (Å²) >= 11 is 0. The van der Waals surface area contributed by atoms with Crippen LogP contribution in [0.3, 0.4) is 0 Å². The van der Waals surface area contributed by atoms with Crippen LogP contribution < -0.4 is 15.5 Å². The molecule has 0 bridgehead atoms. The molecule has 1 aromatic heterocycles. The number of carbonyl (C=O) groups excluding carboxylic acids is 3. The molecule has 0 saturated heterocycles. The zero-order chi connectivity index (χ0) is 17.8. The molecule has 130 valence electrons. The third-order valence-electron chi connectivity index (χ3n) is 4.11. The van der Waals surface area contributed by atoms with Gasteiger partial charge in [0.25, 0.3) is 5.91 Å². The molecule has 0 radical (unpaired) electrons. The van der Waals surface area contributed by atoms with Gasteiger partial charge in [-0.05, 0) is 12.5 Å². The highest BCUT2D eigenvalue weighted by Gasteiger charge is 2.36. The predicted octanol–water partition coefficient (Wildman–Crippen LogP) is 0.223. The number of aryl methyl sites for hydroxylation is 1. The number of anilines is 1. The Bertz CT molecular complexity index is 787. The molecule has 2 heterocycles. The van der Waals surface area contributed by atoms with Crippen LogP contribution in [0.2, 0.25) is 0 Å². The van der Waals surface area contributed by atoms with E-state index in [2.05, 4.69) is 15.6 Å². The molecule has 8 nitrogen and oxygen atoms in total. The van der Waals surface area contributed by atoms with E-state index < -0.39 is 17.9 Å². The number of nitrogens with zero attached hydrogens (tertiary/aromatic N) is 3. The molecule has 2 aromatic rings. The van der Waals surface area contributed by atoms with Crippen LogP contribution in [0.1, 0.15) is 18.0 Å². The van der Waals surface area contributed by atoms with Gasteiger partial charge in [0.1, 0.15) is 6.04 Å². The number of para-hydroxylation sites is 1. The van der Waals surface area contributed by atoms with Crippen molar-refractivity contribution >= 4 is 23.4 Å². The first-order chi connectivity index (χ1) is 12.1. The van der Waals surface area contributed by atoms with Crippen LogP contribution in [0.5, 0.6) is 0 Å². The van der Waals surface area contributed by atoms with Gasteiger partial charge in [-0.1, -0.05) is 18.2 Å². The minimum atomic E-state index is -0.828. The highest BCUT2D eigenvalue weighted by Crippen LogP contribution is 2.34. The largest absolute Gasteiger partial charge is 0.348 e. The van der Waals surface area contributed by atoms with Gasteiger partial charge in [-0.15, -0.1) is 0 Å². The van der Waals surface area contributed by atoms with E-state index in [0.29, 0.717) is 25.1 Å². The summed E-state index contributed by atoms with van der Waals surface area (Å²) in [6.07, 6.45) is 5.87. The van der Waals surface area contributed by atoms with E-state index in [1.807, 2.05) is 16.8 Å². The van der Waals surface area contributed by atoms with Crippen LogP contribution in [-0.2, 0) is 20.9 Å². The van der Waals surface area contributed by atoms with Gasteiger partial charge in [0, 0.05) is 43.8 Å². The second-order valence-electron chi connectivity index (χ2n) is 5.77. The quantitative estimate of drug-likeness (QED) is 0.601. The summed E-state index contributed by atoms with van der Waals surface area (Å²) in [5.74, 6) is -1.82. The summed E-state index contributed by atoms with van der Waals surface area (Å²) in [5, 5.41) is 5.07. The topological polar surface area (TPSA) is 96.3 Å². The smallest absolute Gasteiger partial charge is 0.310 e. The summed E-state index contributed by atoms with van der Waals surface area (Å²) < 4.78 is 1.89. The fraction of sp³-hybridized carbons (Fsp3) is 0.294. The highest BCUT2D eigenvalue weighted by molar-refractivity contribution is 6.35. The monoisotopic (exact) mass is 341 g/mol. The molecule has 0 spiro atoms. The number of aromatic nitrogens is 2. The zero-order valence-corrected chi connectivity index (χ0v) is 13.8. The minimum absolute atomic E-state index is 0.262. The van der Waals surface area contributed by atoms with E-state index >= 15 is 0 Å². The number of nitrogens with one attached hydrogen (secondary N) is 2. The van der Waals surface area contributed by atoms with Crippen molar-refractivity contribution in [2.75, 3.05) is 18.5 Å². The third-order valence-corrected chi connectivity index (χ3v) is 4.11. The van der Waals surface area contributed by atoms with Crippen molar-refractivity contribution in [3.63, 3.8) is 0 Å². The maximum atomic E-state index is 12.3. The maximum absolute atomic E-state index is 12.3. The first-order valence-corrected chi connectivity index (χ1v) is 7.99. The fourth-order valence-corrected chi connectivity index (χ4v) is 2.78. The molecule has 2 N–H and O–H groups in total. The summed E-state index contributed by atoms with van der Waals surface area (Å²) in [4.78, 5) is 41.7. The van der Waals surface area contributed by atoms with Crippen molar-refractivity contribution in [2.45, 2.75) is 19.0 Å². The van der Waals surface area contributed by atoms with Gasteiger partial charge in [0.2, 0.25) is 0 Å². The molecule has 1 aliphatic heterocycles. The van der Waals surface area contributed by atoms with Gasteiger partial charge in [0.05, 0.1) is 6.33 Å². The molecule has 1 atom stereocenters. The Kier molecular flexibility index (Phi) is 4.78. The van der Waals surface area contributed by atoms with Crippen molar-refractivity contribution in [1.82, 2.24) is 20.2 Å². The summed E-state index contributed by atoms with van der Waals surface area (Å²) in [6, 6.07) is 6.35. The van der Waals surface area contributed by atoms with Crippen molar-refractivity contribution in [1.29, 1.82) is 0 Å². The lowest BCUT2D eigenvalue weighted by Gasteiger charge is -2.13. The van der Waals surface area contributed by atoms with E-state index in [0.717, 1.165) is 5.69 Å². The van der Waals surface area contributed by atoms with Crippen LogP contribution in [0.15, 0.2) is 43.0 Å². The van der Waals surface area contributed by atoms with Crippen LogP contribution in [-0.4, -0.2) is 40.9 Å². The van der Waals surface area contributed by atoms with Crippen LogP contribution in [0.4, 0.5) is 5.69 Å². The molecule has 25 heavy (non-hydrogen) atoms. The number of carbonyl (C=O) groups is 3. The van der Waals surface area contributed by atoms with Crippen molar-refractivity contribution in [3.05, 3.63) is 48.5 Å². The molecule has 0 fully saturated rings. The molecule has 1 aliphatic rings. The van der Waals surface area contributed by atoms with Crippen LogP contribution >= 0.6 is 0 Å².